The van der Waals surface area contributed by atoms with Crippen LogP contribution >= 0.6 is 19.8 Å². The van der Waals surface area contributed by atoms with Gasteiger partial charge in [0.1, 0.15) is 0 Å². The van der Waals surface area contributed by atoms with Gasteiger partial charge >= 0.3 is 51.6 Å². The van der Waals surface area contributed by atoms with Crippen LogP contribution in [-0.2, 0) is 31.9 Å². The van der Waals surface area contributed by atoms with E-state index in [2.05, 4.69) is 58.6 Å². The molecule has 0 fully saturated rings. The van der Waals surface area contributed by atoms with Crippen molar-refractivity contribution in [3.8, 4) is 0 Å². The summed E-state index contributed by atoms with van der Waals surface area (Å²) < 4.78 is 0. The molecule has 0 saturated carbocycles. The molecular weight excluding hydrogens is 394 g/mol. The first-order chi connectivity index (χ1) is 5.48. The molecule has 1 nitrogen and oxygen atoms in total. The molecule has 0 radical (unpaired) electrons. The van der Waals surface area contributed by atoms with Crippen LogP contribution in [0.4, 0.5) is 0 Å². The molecule has 0 heterocycles. The molecule has 0 amide bonds. The second-order valence-corrected chi connectivity index (χ2v) is 8.01. The summed E-state index contributed by atoms with van der Waals surface area (Å²) in [5.74, 6) is 0. The Morgan fingerprint density at radius 2 is 1.69 bits per heavy atom. The molecule has 0 aliphatic rings. The van der Waals surface area contributed by atoms with Gasteiger partial charge in [0.05, 0.1) is 0 Å². The molecule has 0 aliphatic heterocycles. The van der Waals surface area contributed by atoms with E-state index in [1.165, 1.54) is 14.8 Å². The van der Waals surface area contributed by atoms with E-state index < -0.39 is 8.07 Å². The maximum atomic E-state index is 6.25. The van der Waals surface area contributed by atoms with Gasteiger partial charge in [0.2, 0.25) is 0 Å². The number of hydrogen-bond acceptors (Lipinski definition) is 1. The summed E-state index contributed by atoms with van der Waals surface area (Å²) in [5.41, 5.74) is 2.82. The molecule has 74 valence electrons. The van der Waals surface area contributed by atoms with Crippen molar-refractivity contribution in [2.75, 3.05) is 0 Å². The number of nitrogens with zero attached hydrogens (tertiary/aromatic N) is 1. The van der Waals surface area contributed by atoms with Crippen molar-refractivity contribution >= 4 is 27.8 Å². The zero-order valence-corrected chi connectivity index (χ0v) is 15.3. The first-order valence-electron chi connectivity index (χ1n) is 3.20. The summed E-state index contributed by atoms with van der Waals surface area (Å²) in [7, 11) is -1.13. The van der Waals surface area contributed by atoms with Crippen LogP contribution in [0.2, 0.25) is 19.6 Å². The van der Waals surface area contributed by atoms with Gasteiger partial charge in [-0.1, -0.05) is 19.6 Å². The fourth-order valence-corrected chi connectivity index (χ4v) is 0.795. The zero-order valence-electron chi connectivity index (χ0n) is 8.25. The van der Waals surface area contributed by atoms with E-state index >= 15 is 0 Å². The Kier molecular flexibility index (Phi) is 28.1. The summed E-state index contributed by atoms with van der Waals surface area (Å²) in [4.78, 5) is 0. The number of allylic oxidation sites excluding steroid dienone is 1. The van der Waals surface area contributed by atoms with Gasteiger partial charge in [0, 0.05) is 8.07 Å². The van der Waals surface area contributed by atoms with E-state index in [1.54, 1.807) is 0 Å². The summed E-state index contributed by atoms with van der Waals surface area (Å²) >= 11 is 3.62. The Morgan fingerprint density at radius 1 is 1.46 bits per heavy atom. The van der Waals surface area contributed by atoms with Crippen LogP contribution in [0.15, 0.2) is 17.5 Å². The Balaban J connectivity index is -0.0000000712. The van der Waals surface area contributed by atoms with Crippen LogP contribution in [0.1, 0.15) is 0 Å². The first-order valence-corrected chi connectivity index (χ1v) is 15.7. The van der Waals surface area contributed by atoms with Crippen LogP contribution in [0.3, 0.4) is 0 Å². The van der Waals surface area contributed by atoms with Crippen molar-refractivity contribution in [3.05, 3.63) is 31.0 Å². The molecule has 0 aromatic heterocycles. The van der Waals surface area contributed by atoms with Gasteiger partial charge in [-0.05, 0) is 0 Å². The summed E-state index contributed by atoms with van der Waals surface area (Å²) in [6.07, 6.45) is 0. The maximum absolute atomic E-state index is 6.25. The molecule has 0 atom stereocenters. The monoisotopic (exact) mass is 405 g/mol. The fraction of sp³-hybridized carbons (Fsp3) is 0.375. The molecule has 0 rings (SSSR count). The van der Waals surface area contributed by atoms with E-state index in [4.69, 9.17) is 11.8 Å². The van der Waals surface area contributed by atoms with Crippen molar-refractivity contribution < 1.29 is 31.9 Å². The van der Waals surface area contributed by atoms with Gasteiger partial charge in [-0.25, -0.2) is 12.1 Å². The molecule has 0 saturated heterocycles. The minimum atomic E-state index is -1.13. The van der Waals surface area contributed by atoms with Gasteiger partial charge in [0.15, 0.2) is 0 Å². The van der Waals surface area contributed by atoms with Crippen LogP contribution in [0, 0.1) is 18.8 Å². The molecule has 0 aromatic rings. The molecule has 0 aromatic carbocycles. The second-order valence-electron chi connectivity index (χ2n) is 2.91. The van der Waals surface area contributed by atoms with E-state index in [9.17, 15) is 0 Å². The quantitative estimate of drug-likeness (QED) is 0.283. The third-order valence-electron chi connectivity index (χ3n) is 1.12. The van der Waals surface area contributed by atoms with Gasteiger partial charge in [-0.2, -0.15) is 6.58 Å². The number of halogens is 1. The van der Waals surface area contributed by atoms with Gasteiger partial charge in [0.25, 0.3) is 0 Å². The molecule has 0 N–H and O–H groups in total. The summed E-state index contributed by atoms with van der Waals surface area (Å²) in [6, 6.07) is 0. The average Bonchev–Trinajstić information content (AvgIpc) is 2.08. The molecule has 0 bridgehead atoms. The Labute approximate surface area is 114 Å². The van der Waals surface area contributed by atoms with Crippen molar-refractivity contribution in [1.29, 1.82) is 5.26 Å². The third-order valence-corrected chi connectivity index (χ3v) is 3.11. The Morgan fingerprint density at radius 3 is 1.69 bits per heavy atom. The van der Waals surface area contributed by atoms with Crippen molar-refractivity contribution in [1.82, 2.24) is 0 Å². The molecule has 0 unspecified atom stereocenters. The topological polar surface area (TPSA) is 23.8 Å². The van der Waals surface area contributed by atoms with Crippen molar-refractivity contribution in [3.63, 3.8) is 0 Å². The van der Waals surface area contributed by atoms with Crippen LogP contribution in [0.25, 0.3) is 0 Å². The van der Waals surface area contributed by atoms with Gasteiger partial charge in [-0.15, -0.1) is 0 Å². The molecular formula is C8H13CuINSiZn. The number of hydrogen-bond donors (Lipinski definition) is 0. The Hall–Kier alpha value is 0.970. The number of rotatable bonds is 1. The van der Waals surface area contributed by atoms with Crippen LogP contribution < -0.4 is 0 Å². The third kappa shape index (κ3) is 19.4. The molecule has 0 spiro atoms. The van der Waals surface area contributed by atoms with Crippen LogP contribution in [0.5, 0.6) is 0 Å². The second kappa shape index (κ2) is 15.4. The van der Waals surface area contributed by atoms with Gasteiger partial charge in [-0.3, -0.25) is 0 Å². The molecule has 0 aliphatic carbocycles. The Bertz CT molecular complexity index is 171. The fourth-order valence-electron chi connectivity index (χ4n) is 0.265. The molecule has 13 heavy (non-hydrogen) atoms. The summed E-state index contributed by atoms with van der Waals surface area (Å²) in [5, 5.41) is 7.36. The van der Waals surface area contributed by atoms with Crippen LogP contribution in [-0.4, -0.2) is 8.07 Å². The SMILES string of the molecule is C=C=C([CH2-])[Si](C)(C)C.[C-]#N.[Cu+].[Zn+][I]. The normalized spacial score (nSPS) is 7.08. The summed E-state index contributed by atoms with van der Waals surface area (Å²) in [6.45, 7) is 18.8. The zero-order chi connectivity index (χ0) is 10.8. The van der Waals surface area contributed by atoms with E-state index in [0.29, 0.717) is 0 Å². The van der Waals surface area contributed by atoms with Crippen molar-refractivity contribution in [2.45, 2.75) is 19.6 Å². The minimum absolute atomic E-state index is 0. The average molecular weight is 407 g/mol. The predicted octanol–water partition coefficient (Wildman–Crippen LogP) is 3.39. The van der Waals surface area contributed by atoms with Crippen molar-refractivity contribution in [2.24, 2.45) is 0 Å². The van der Waals surface area contributed by atoms with E-state index in [0.717, 1.165) is 5.20 Å². The predicted molar refractivity (Wildman–Crippen MR) is 60.3 cm³/mol. The van der Waals surface area contributed by atoms with Gasteiger partial charge < -0.3 is 17.6 Å². The van der Waals surface area contributed by atoms with E-state index in [1.807, 2.05) is 0 Å². The van der Waals surface area contributed by atoms with E-state index in [-0.39, 0.29) is 17.1 Å². The molecule has 5 heteroatoms. The first kappa shape index (κ1) is 23.6. The standard InChI is InChI=1S/C7H13Si.CN.Cu.HI.Zn/c1-6-7(2)8(3,4)5;1-2;;;/h1-2H2,3-5H3;;;1H;/q2*-1;+1;;+2/p-1.